The number of nitroso groups, excluding NO2 is 1. The van der Waals surface area contributed by atoms with Crippen LogP contribution in [0.5, 0.6) is 0 Å². The molecule has 0 aliphatic rings. The fraction of sp³-hybridized carbons (Fsp3) is 0.0909. The van der Waals surface area contributed by atoms with Crippen LogP contribution in [0, 0.1) is 4.91 Å². The molecule has 5 heteroatoms. The van der Waals surface area contributed by atoms with Crippen LogP contribution in [0.4, 0.5) is 0 Å². The maximum atomic E-state index is 11.0. The molecule has 0 spiro atoms. The van der Waals surface area contributed by atoms with Gasteiger partial charge in [0.1, 0.15) is 6.54 Å². The molecule has 0 saturated heterocycles. The molecule has 0 amide bonds. The molecule has 80 valence electrons. The van der Waals surface area contributed by atoms with Gasteiger partial charge in [0.25, 0.3) is 0 Å². The minimum absolute atomic E-state index is 0.0517. The highest BCUT2D eigenvalue weighted by atomic mass is 16.4. The van der Waals surface area contributed by atoms with Gasteiger partial charge in [-0.15, -0.1) is 0 Å². The van der Waals surface area contributed by atoms with Crippen LogP contribution >= 0.6 is 0 Å². The van der Waals surface area contributed by atoms with Crippen molar-refractivity contribution in [1.29, 1.82) is 0 Å². The number of rotatable bonds is 3. The topological polar surface area (TPSA) is 79.6 Å². The molecule has 1 aromatic heterocycles. The van der Waals surface area contributed by atoms with Gasteiger partial charge in [0.15, 0.2) is 0 Å². The van der Waals surface area contributed by atoms with Crippen LogP contribution in [-0.4, -0.2) is 16.1 Å². The number of benzene rings is 1. The first-order valence-corrected chi connectivity index (χ1v) is 4.63. The van der Waals surface area contributed by atoms with Crippen molar-refractivity contribution in [3.05, 3.63) is 46.5 Å². The van der Waals surface area contributed by atoms with Gasteiger partial charge in [0.2, 0.25) is 0 Å². The summed E-state index contributed by atoms with van der Waals surface area (Å²) in [6, 6.07) is 8.30. The van der Waals surface area contributed by atoms with E-state index >= 15 is 0 Å². The minimum atomic E-state index is -1.03. The summed E-state index contributed by atoms with van der Waals surface area (Å²) in [4.78, 5) is 25.2. The second-order valence-corrected chi connectivity index (χ2v) is 3.27. The first kappa shape index (κ1) is 10.2. The smallest absolute Gasteiger partial charge is 0.337 e. The predicted octanol–water partition coefficient (Wildman–Crippen LogP) is 2.20. The van der Waals surface area contributed by atoms with Crippen LogP contribution in [-0.2, 0) is 6.54 Å². The van der Waals surface area contributed by atoms with E-state index in [1.165, 1.54) is 6.07 Å². The Balaban J connectivity index is 2.68. The van der Waals surface area contributed by atoms with Gasteiger partial charge in [-0.2, -0.15) is 4.91 Å². The number of nitrogens with zero attached hydrogens (tertiary/aromatic N) is 2. The Morgan fingerprint density at radius 1 is 1.31 bits per heavy atom. The number of hydrogen-bond acceptors (Lipinski definition) is 4. The Morgan fingerprint density at radius 3 is 2.81 bits per heavy atom. The van der Waals surface area contributed by atoms with E-state index in [0.29, 0.717) is 11.2 Å². The van der Waals surface area contributed by atoms with Crippen molar-refractivity contribution < 1.29 is 9.90 Å². The number of aromatic nitrogens is 1. The average Bonchev–Trinajstić information content (AvgIpc) is 2.28. The van der Waals surface area contributed by atoms with Gasteiger partial charge in [-0.3, -0.25) is 0 Å². The molecular formula is C11H8N2O3. The van der Waals surface area contributed by atoms with Gasteiger partial charge < -0.3 is 5.11 Å². The Bertz CT molecular complexity index is 566. The number of pyridine rings is 1. The maximum Gasteiger partial charge on any atom is 0.337 e. The van der Waals surface area contributed by atoms with Crippen molar-refractivity contribution >= 4 is 16.9 Å². The molecule has 2 aromatic rings. The first-order chi connectivity index (χ1) is 7.72. The van der Waals surface area contributed by atoms with E-state index in [1.807, 2.05) is 0 Å². The average molecular weight is 216 g/mol. The van der Waals surface area contributed by atoms with E-state index in [0.717, 1.165) is 5.39 Å². The van der Waals surface area contributed by atoms with Crippen molar-refractivity contribution in [2.24, 2.45) is 5.18 Å². The molecule has 0 fully saturated rings. The Labute approximate surface area is 90.7 Å². The molecule has 0 unspecified atom stereocenters. The standard InChI is InChI=1S/C11H8N2O3/c14-11(15)9-3-1-2-7-4-5-8(6-12-16)13-10(7)9/h1-5H,6H2,(H,14,15). The molecule has 0 aliphatic carbocycles. The summed E-state index contributed by atoms with van der Waals surface area (Å²) < 4.78 is 0. The van der Waals surface area contributed by atoms with E-state index in [4.69, 9.17) is 5.11 Å². The molecule has 0 saturated carbocycles. The fourth-order valence-corrected chi connectivity index (χ4v) is 1.51. The third kappa shape index (κ3) is 1.75. The van der Waals surface area contributed by atoms with Crippen LogP contribution in [0.2, 0.25) is 0 Å². The largest absolute Gasteiger partial charge is 0.478 e. The maximum absolute atomic E-state index is 11.0. The molecular weight excluding hydrogens is 208 g/mol. The van der Waals surface area contributed by atoms with Crippen LogP contribution in [0.1, 0.15) is 16.1 Å². The number of hydrogen-bond donors (Lipinski definition) is 1. The molecule has 0 atom stereocenters. The second kappa shape index (κ2) is 4.06. The zero-order valence-electron chi connectivity index (χ0n) is 8.25. The Morgan fingerprint density at radius 2 is 2.12 bits per heavy atom. The predicted molar refractivity (Wildman–Crippen MR) is 58.2 cm³/mol. The van der Waals surface area contributed by atoms with Crippen molar-refractivity contribution in [2.75, 3.05) is 0 Å². The van der Waals surface area contributed by atoms with Gasteiger partial charge in [0.05, 0.1) is 16.8 Å². The zero-order valence-corrected chi connectivity index (χ0v) is 8.25. The van der Waals surface area contributed by atoms with E-state index in [-0.39, 0.29) is 12.1 Å². The molecule has 2 rings (SSSR count). The second-order valence-electron chi connectivity index (χ2n) is 3.27. The van der Waals surface area contributed by atoms with Crippen molar-refractivity contribution in [3.8, 4) is 0 Å². The molecule has 1 aromatic carbocycles. The molecule has 5 nitrogen and oxygen atoms in total. The lowest BCUT2D eigenvalue weighted by Gasteiger charge is -2.02. The summed E-state index contributed by atoms with van der Waals surface area (Å²) in [5, 5.41) is 12.4. The monoisotopic (exact) mass is 216 g/mol. The van der Waals surface area contributed by atoms with Gasteiger partial charge >= 0.3 is 5.97 Å². The Hall–Kier alpha value is -2.30. The van der Waals surface area contributed by atoms with Crippen LogP contribution in [0.3, 0.4) is 0 Å². The quantitative estimate of drug-likeness (QED) is 0.797. The summed E-state index contributed by atoms with van der Waals surface area (Å²) in [7, 11) is 0. The van der Waals surface area contributed by atoms with Gasteiger partial charge in [0, 0.05) is 5.39 Å². The molecule has 0 bridgehead atoms. The third-order valence-corrected chi connectivity index (χ3v) is 2.23. The summed E-state index contributed by atoms with van der Waals surface area (Å²) in [6.45, 7) is -0.0517. The first-order valence-electron chi connectivity index (χ1n) is 4.63. The number of fused-ring (bicyclic) bond motifs is 1. The number of carbonyl (C=O) groups is 1. The molecule has 16 heavy (non-hydrogen) atoms. The SMILES string of the molecule is O=NCc1ccc2cccc(C(=O)O)c2n1. The Kier molecular flexibility index (Phi) is 2.59. The van der Waals surface area contributed by atoms with Crippen LogP contribution in [0.25, 0.3) is 10.9 Å². The van der Waals surface area contributed by atoms with Gasteiger partial charge in [-0.1, -0.05) is 23.4 Å². The summed E-state index contributed by atoms with van der Waals surface area (Å²) in [6.07, 6.45) is 0. The number of para-hydroxylation sites is 1. The van der Waals surface area contributed by atoms with Crippen molar-refractivity contribution in [1.82, 2.24) is 4.98 Å². The van der Waals surface area contributed by atoms with E-state index in [9.17, 15) is 9.70 Å². The van der Waals surface area contributed by atoms with Gasteiger partial charge in [-0.05, 0) is 12.1 Å². The molecule has 1 N–H and O–H groups in total. The summed E-state index contributed by atoms with van der Waals surface area (Å²) in [5.41, 5.74) is 0.984. The number of carboxylic acid groups (broad SMARTS) is 1. The lowest BCUT2D eigenvalue weighted by molar-refractivity contribution is 0.0699. The highest BCUT2D eigenvalue weighted by Gasteiger charge is 2.09. The van der Waals surface area contributed by atoms with Gasteiger partial charge in [-0.25, -0.2) is 9.78 Å². The zero-order chi connectivity index (χ0) is 11.5. The summed E-state index contributed by atoms with van der Waals surface area (Å²) >= 11 is 0. The van der Waals surface area contributed by atoms with Crippen molar-refractivity contribution in [2.45, 2.75) is 6.54 Å². The minimum Gasteiger partial charge on any atom is -0.478 e. The molecule has 0 radical (unpaired) electrons. The normalized spacial score (nSPS) is 10.2. The molecule has 1 heterocycles. The fourth-order valence-electron chi connectivity index (χ4n) is 1.51. The number of carboxylic acids is 1. The molecule has 0 aliphatic heterocycles. The van der Waals surface area contributed by atoms with Crippen LogP contribution in [0.15, 0.2) is 35.5 Å². The highest BCUT2D eigenvalue weighted by Crippen LogP contribution is 2.17. The lowest BCUT2D eigenvalue weighted by Crippen LogP contribution is -2.00. The number of aromatic carboxylic acids is 1. The van der Waals surface area contributed by atoms with Crippen molar-refractivity contribution in [3.63, 3.8) is 0 Å². The van der Waals surface area contributed by atoms with E-state index in [2.05, 4.69) is 10.2 Å². The van der Waals surface area contributed by atoms with E-state index < -0.39 is 5.97 Å². The lowest BCUT2D eigenvalue weighted by atomic mass is 10.1. The van der Waals surface area contributed by atoms with E-state index in [1.54, 1.807) is 24.3 Å². The van der Waals surface area contributed by atoms with Crippen LogP contribution < -0.4 is 0 Å². The third-order valence-electron chi connectivity index (χ3n) is 2.23. The highest BCUT2D eigenvalue weighted by molar-refractivity contribution is 6.01. The summed E-state index contributed by atoms with van der Waals surface area (Å²) in [5.74, 6) is -1.03.